The van der Waals surface area contributed by atoms with E-state index >= 15 is 0 Å². The van der Waals surface area contributed by atoms with Crippen molar-refractivity contribution < 1.29 is 19.1 Å². The molecule has 35 heavy (non-hydrogen) atoms. The van der Waals surface area contributed by atoms with E-state index in [1.54, 1.807) is 18.1 Å². The van der Waals surface area contributed by atoms with Gasteiger partial charge in [0, 0.05) is 24.0 Å². The van der Waals surface area contributed by atoms with Crippen LogP contribution in [-0.4, -0.2) is 48.9 Å². The largest absolute Gasteiger partial charge is 0.497 e. The summed E-state index contributed by atoms with van der Waals surface area (Å²) in [5, 5.41) is 4.74. The van der Waals surface area contributed by atoms with Crippen molar-refractivity contribution in [2.75, 3.05) is 25.1 Å². The van der Waals surface area contributed by atoms with Gasteiger partial charge in [-0.1, -0.05) is 50.2 Å². The quantitative estimate of drug-likeness (QED) is 0.480. The fraction of sp³-hybridized carbons (Fsp3) is 0.321. The van der Waals surface area contributed by atoms with E-state index in [1.807, 2.05) is 68.4 Å². The van der Waals surface area contributed by atoms with Crippen molar-refractivity contribution >= 4 is 34.2 Å². The van der Waals surface area contributed by atoms with E-state index in [0.29, 0.717) is 24.3 Å². The van der Waals surface area contributed by atoms with E-state index in [0.717, 1.165) is 28.4 Å². The number of anilines is 1. The summed E-state index contributed by atoms with van der Waals surface area (Å²) in [7, 11) is 1.59. The van der Waals surface area contributed by atoms with Crippen LogP contribution >= 0.6 is 0 Å². The summed E-state index contributed by atoms with van der Waals surface area (Å²) in [5.74, 6) is -0.00148. The Morgan fingerprint density at radius 3 is 2.51 bits per heavy atom. The lowest BCUT2D eigenvalue weighted by atomic mass is 10.1. The van der Waals surface area contributed by atoms with E-state index in [1.165, 1.54) is 4.90 Å². The Morgan fingerprint density at radius 1 is 1.06 bits per heavy atom. The molecule has 1 N–H and O–H groups in total. The maximum absolute atomic E-state index is 13.8. The smallest absolute Gasteiger partial charge is 0.259 e. The molecule has 1 aliphatic heterocycles. The summed E-state index contributed by atoms with van der Waals surface area (Å²) in [6, 6.07) is 18.1. The molecule has 1 aliphatic rings. The third-order valence-electron chi connectivity index (χ3n) is 6.36. The molecule has 1 unspecified atom stereocenters. The summed E-state index contributed by atoms with van der Waals surface area (Å²) >= 11 is 0. The second-order valence-corrected chi connectivity index (χ2v) is 8.66. The van der Waals surface area contributed by atoms with E-state index in [9.17, 15) is 14.4 Å². The number of ether oxygens (including phenoxy) is 1. The van der Waals surface area contributed by atoms with Gasteiger partial charge < -0.3 is 15.0 Å². The molecule has 0 radical (unpaired) electrons. The number of nitrogens with zero attached hydrogens (tertiary/aromatic N) is 2. The molecule has 0 saturated carbocycles. The number of rotatable bonds is 10. The molecule has 3 amide bonds. The molecular weight excluding hydrogens is 442 g/mol. The van der Waals surface area contributed by atoms with Gasteiger partial charge in [0.15, 0.2) is 0 Å². The van der Waals surface area contributed by atoms with Gasteiger partial charge in [-0.2, -0.15) is 0 Å². The van der Waals surface area contributed by atoms with Crippen LogP contribution in [0, 0.1) is 0 Å². The topological polar surface area (TPSA) is 79.0 Å². The van der Waals surface area contributed by atoms with Crippen molar-refractivity contribution in [3.63, 3.8) is 0 Å². The summed E-state index contributed by atoms with van der Waals surface area (Å²) in [4.78, 5) is 43.1. The van der Waals surface area contributed by atoms with Gasteiger partial charge in [-0.25, -0.2) is 0 Å². The lowest BCUT2D eigenvalue weighted by Crippen LogP contribution is -2.52. The highest BCUT2D eigenvalue weighted by Gasteiger charge is 2.35. The van der Waals surface area contributed by atoms with Crippen LogP contribution < -0.4 is 15.0 Å². The van der Waals surface area contributed by atoms with Crippen molar-refractivity contribution in [2.45, 2.75) is 39.3 Å². The van der Waals surface area contributed by atoms with Gasteiger partial charge in [0.25, 0.3) is 5.91 Å². The number of hydrogen-bond donors (Lipinski definition) is 1. The van der Waals surface area contributed by atoms with Crippen LogP contribution in [0.15, 0.2) is 60.7 Å². The minimum atomic E-state index is -0.656. The molecule has 0 aromatic heterocycles. The maximum Gasteiger partial charge on any atom is 0.259 e. The average Bonchev–Trinajstić information content (AvgIpc) is 3.15. The molecule has 7 nitrogen and oxygen atoms in total. The molecule has 182 valence electrons. The zero-order valence-corrected chi connectivity index (χ0v) is 20.4. The van der Waals surface area contributed by atoms with Crippen LogP contribution in [-0.2, 0) is 16.1 Å². The van der Waals surface area contributed by atoms with Gasteiger partial charge >= 0.3 is 0 Å². The first-order chi connectivity index (χ1) is 17.0. The van der Waals surface area contributed by atoms with Gasteiger partial charge in [0.1, 0.15) is 18.3 Å². The van der Waals surface area contributed by atoms with Crippen molar-refractivity contribution in [3.05, 3.63) is 71.8 Å². The number of hydrogen-bond acceptors (Lipinski definition) is 4. The Balaban J connectivity index is 1.65. The highest BCUT2D eigenvalue weighted by molar-refractivity contribution is 6.26. The normalized spacial score (nSPS) is 13.1. The fourth-order valence-electron chi connectivity index (χ4n) is 4.62. The minimum Gasteiger partial charge on any atom is -0.497 e. The number of benzene rings is 3. The molecule has 0 saturated heterocycles. The lowest BCUT2D eigenvalue weighted by molar-refractivity contribution is -0.140. The second-order valence-electron chi connectivity index (χ2n) is 8.66. The number of carbonyl (C=O) groups is 3. The molecule has 0 bridgehead atoms. The molecule has 1 heterocycles. The van der Waals surface area contributed by atoms with Gasteiger partial charge in [-0.3, -0.25) is 19.3 Å². The molecule has 0 aliphatic carbocycles. The number of amides is 3. The SMILES string of the molecule is CCCNC(=O)C(CC)N(Cc1cccc(OC)c1)C(=O)CN1C(=O)c2cccc3cccc1c23. The van der Waals surface area contributed by atoms with E-state index in [2.05, 4.69) is 5.32 Å². The Bertz CT molecular complexity index is 1250. The molecule has 7 heteroatoms. The van der Waals surface area contributed by atoms with Crippen LogP contribution in [0.2, 0.25) is 0 Å². The Morgan fingerprint density at radius 2 is 1.80 bits per heavy atom. The maximum atomic E-state index is 13.8. The van der Waals surface area contributed by atoms with Crippen molar-refractivity contribution in [1.29, 1.82) is 0 Å². The van der Waals surface area contributed by atoms with Gasteiger partial charge in [0.05, 0.1) is 12.8 Å². The lowest BCUT2D eigenvalue weighted by Gasteiger charge is -2.32. The fourth-order valence-corrected chi connectivity index (χ4v) is 4.62. The summed E-state index contributed by atoms with van der Waals surface area (Å²) in [6.45, 7) is 4.50. The highest BCUT2D eigenvalue weighted by Crippen LogP contribution is 2.37. The van der Waals surface area contributed by atoms with Crippen LogP contribution in [0.4, 0.5) is 5.69 Å². The summed E-state index contributed by atoms with van der Waals surface area (Å²) in [6.07, 6.45) is 1.26. The monoisotopic (exact) mass is 473 g/mol. The van der Waals surface area contributed by atoms with Crippen LogP contribution in [0.3, 0.4) is 0 Å². The van der Waals surface area contributed by atoms with Gasteiger partial charge in [-0.15, -0.1) is 0 Å². The summed E-state index contributed by atoms with van der Waals surface area (Å²) < 4.78 is 5.34. The Hall–Kier alpha value is -3.87. The standard InChI is InChI=1S/C28H31N3O4/c1-4-15-29-27(33)23(5-2)30(17-19-9-6-12-21(16-19)35-3)25(32)18-31-24-14-8-11-20-10-7-13-22(26(20)24)28(31)34/h6-14,16,23H,4-5,15,17-18H2,1-3H3,(H,29,33). The first-order valence-corrected chi connectivity index (χ1v) is 12.0. The van der Waals surface area contributed by atoms with E-state index in [-0.39, 0.29) is 30.8 Å². The molecule has 1 atom stereocenters. The molecule has 3 aromatic carbocycles. The molecule has 3 aromatic rings. The molecule has 4 rings (SSSR count). The molecular formula is C28H31N3O4. The van der Waals surface area contributed by atoms with Gasteiger partial charge in [0.2, 0.25) is 11.8 Å². The predicted octanol–water partition coefficient (Wildman–Crippen LogP) is 4.14. The third-order valence-corrected chi connectivity index (χ3v) is 6.36. The first kappa shape index (κ1) is 24.3. The average molecular weight is 474 g/mol. The Kier molecular flexibility index (Phi) is 7.34. The zero-order valence-electron chi connectivity index (χ0n) is 20.4. The number of carbonyl (C=O) groups excluding carboxylic acids is 3. The summed E-state index contributed by atoms with van der Waals surface area (Å²) in [5.41, 5.74) is 2.16. The third kappa shape index (κ3) is 4.85. The highest BCUT2D eigenvalue weighted by atomic mass is 16.5. The van der Waals surface area contributed by atoms with Crippen molar-refractivity contribution in [1.82, 2.24) is 10.2 Å². The van der Waals surface area contributed by atoms with Crippen LogP contribution in [0.1, 0.15) is 42.6 Å². The van der Waals surface area contributed by atoms with Crippen LogP contribution in [0.5, 0.6) is 5.75 Å². The first-order valence-electron chi connectivity index (χ1n) is 12.0. The number of nitrogens with one attached hydrogen (secondary N) is 1. The second kappa shape index (κ2) is 10.6. The van der Waals surface area contributed by atoms with Gasteiger partial charge in [-0.05, 0) is 48.1 Å². The molecule has 0 spiro atoms. The molecule has 0 fully saturated rings. The van der Waals surface area contributed by atoms with Crippen LogP contribution in [0.25, 0.3) is 10.8 Å². The van der Waals surface area contributed by atoms with Crippen molar-refractivity contribution in [3.8, 4) is 5.75 Å². The Labute approximate surface area is 205 Å². The predicted molar refractivity (Wildman–Crippen MR) is 137 cm³/mol. The van der Waals surface area contributed by atoms with E-state index < -0.39 is 6.04 Å². The zero-order chi connectivity index (χ0) is 24.9. The minimum absolute atomic E-state index is 0.145. The number of methoxy groups -OCH3 is 1. The van der Waals surface area contributed by atoms with E-state index in [4.69, 9.17) is 4.74 Å². The van der Waals surface area contributed by atoms with Crippen molar-refractivity contribution in [2.24, 2.45) is 0 Å².